The van der Waals surface area contributed by atoms with Crippen LogP contribution in [0.15, 0.2) is 70.9 Å². The van der Waals surface area contributed by atoms with E-state index in [4.69, 9.17) is 4.74 Å². The number of para-hydroxylation sites is 1. The molecule has 2 aromatic carbocycles. The van der Waals surface area contributed by atoms with Crippen molar-refractivity contribution in [3.05, 3.63) is 82.4 Å². The van der Waals surface area contributed by atoms with Crippen LogP contribution in [0.1, 0.15) is 11.1 Å². The molecule has 4 rings (SSSR count). The van der Waals surface area contributed by atoms with E-state index in [1.807, 2.05) is 55.5 Å². The number of amides is 1. The van der Waals surface area contributed by atoms with E-state index < -0.39 is 0 Å². The first-order chi connectivity index (χ1) is 15.5. The molecule has 4 aromatic rings. The third-order valence-electron chi connectivity index (χ3n) is 4.81. The van der Waals surface area contributed by atoms with Gasteiger partial charge >= 0.3 is 0 Å². The van der Waals surface area contributed by atoms with Crippen LogP contribution in [0, 0.1) is 6.92 Å². The average molecular weight is 448 g/mol. The minimum Gasteiger partial charge on any atom is -0.497 e. The Kier molecular flexibility index (Phi) is 6.46. The van der Waals surface area contributed by atoms with Gasteiger partial charge in [-0.25, -0.2) is 15.0 Å². The van der Waals surface area contributed by atoms with Crippen molar-refractivity contribution in [1.29, 1.82) is 0 Å². The maximum absolute atomic E-state index is 13.1. The number of rotatable bonds is 7. The number of nitrogens with zero attached hydrogens (tertiary/aromatic N) is 4. The molecule has 2 aromatic heterocycles. The van der Waals surface area contributed by atoms with Gasteiger partial charge in [-0.3, -0.25) is 14.2 Å². The lowest BCUT2D eigenvalue weighted by Gasteiger charge is -2.13. The monoisotopic (exact) mass is 447 g/mol. The predicted octanol–water partition coefficient (Wildman–Crippen LogP) is 3.28. The highest BCUT2D eigenvalue weighted by Crippen LogP contribution is 2.20. The summed E-state index contributed by atoms with van der Waals surface area (Å²) in [4.78, 5) is 38.5. The molecule has 0 unspecified atom stereocenters. The summed E-state index contributed by atoms with van der Waals surface area (Å²) in [5.41, 5.74) is 2.76. The lowest BCUT2D eigenvalue weighted by molar-refractivity contribution is -0.113. The first-order valence-electron chi connectivity index (χ1n) is 9.88. The van der Waals surface area contributed by atoms with Gasteiger partial charge in [0.05, 0.1) is 19.4 Å². The number of thioether (sulfide) groups is 1. The maximum Gasteiger partial charge on any atom is 0.282 e. The Morgan fingerprint density at radius 3 is 2.59 bits per heavy atom. The highest BCUT2D eigenvalue weighted by molar-refractivity contribution is 7.99. The zero-order chi connectivity index (χ0) is 22.5. The maximum atomic E-state index is 13.1. The molecular formula is C23H21N5O3S. The molecule has 0 aliphatic heterocycles. The van der Waals surface area contributed by atoms with Crippen LogP contribution in [0.4, 0.5) is 5.69 Å². The summed E-state index contributed by atoms with van der Waals surface area (Å²) < 4.78 is 6.72. The summed E-state index contributed by atoms with van der Waals surface area (Å²) in [6.45, 7) is 2.21. The fraction of sp³-hybridized carbons (Fsp3) is 0.174. The molecule has 9 heteroatoms. The zero-order valence-electron chi connectivity index (χ0n) is 17.6. The van der Waals surface area contributed by atoms with Crippen LogP contribution in [0.25, 0.3) is 11.2 Å². The summed E-state index contributed by atoms with van der Waals surface area (Å²) in [5.74, 6) is 0.634. The largest absolute Gasteiger partial charge is 0.497 e. The second-order valence-corrected chi connectivity index (χ2v) is 7.96. The minimum atomic E-state index is -0.305. The van der Waals surface area contributed by atoms with E-state index >= 15 is 0 Å². The van der Waals surface area contributed by atoms with Crippen molar-refractivity contribution in [3.63, 3.8) is 0 Å². The number of aryl methyl sites for hydroxylation is 1. The highest BCUT2D eigenvalue weighted by Gasteiger charge is 2.15. The molecule has 0 fully saturated rings. The number of carbonyl (C=O) groups is 1. The highest BCUT2D eigenvalue weighted by atomic mass is 32.2. The van der Waals surface area contributed by atoms with Gasteiger partial charge in [0, 0.05) is 18.1 Å². The summed E-state index contributed by atoms with van der Waals surface area (Å²) in [7, 11) is 1.60. The molecule has 0 atom stereocenters. The van der Waals surface area contributed by atoms with Crippen molar-refractivity contribution in [2.75, 3.05) is 18.2 Å². The molecule has 0 saturated carbocycles. The molecule has 0 saturated heterocycles. The van der Waals surface area contributed by atoms with Crippen molar-refractivity contribution >= 4 is 34.5 Å². The molecule has 0 spiro atoms. The number of anilines is 1. The number of hydrogen-bond donors (Lipinski definition) is 1. The number of benzene rings is 2. The second-order valence-electron chi connectivity index (χ2n) is 7.01. The molecule has 1 N–H and O–H groups in total. The van der Waals surface area contributed by atoms with E-state index in [1.165, 1.54) is 28.7 Å². The van der Waals surface area contributed by atoms with Gasteiger partial charge in [0.1, 0.15) is 5.75 Å². The van der Waals surface area contributed by atoms with Gasteiger partial charge in [-0.05, 0) is 36.2 Å². The van der Waals surface area contributed by atoms with E-state index in [-0.39, 0.29) is 34.9 Å². The number of aromatic nitrogens is 4. The van der Waals surface area contributed by atoms with E-state index in [1.54, 1.807) is 7.11 Å². The molecule has 32 heavy (non-hydrogen) atoms. The van der Waals surface area contributed by atoms with Crippen molar-refractivity contribution in [2.45, 2.75) is 18.6 Å². The Hall–Kier alpha value is -3.72. The third kappa shape index (κ3) is 4.78. The smallest absolute Gasteiger partial charge is 0.282 e. The Balaban J connectivity index is 1.61. The molecule has 0 bridgehead atoms. The van der Waals surface area contributed by atoms with Crippen LogP contribution in [0.2, 0.25) is 0 Å². The minimum absolute atomic E-state index is 0.0924. The molecule has 1 amide bonds. The normalized spacial score (nSPS) is 10.8. The Morgan fingerprint density at radius 1 is 1.09 bits per heavy atom. The topological polar surface area (TPSA) is 99.0 Å². The van der Waals surface area contributed by atoms with Crippen molar-refractivity contribution in [2.24, 2.45) is 0 Å². The number of carbonyl (C=O) groups excluding carboxylic acids is 1. The van der Waals surface area contributed by atoms with Gasteiger partial charge in [-0.2, -0.15) is 0 Å². The van der Waals surface area contributed by atoms with E-state index in [9.17, 15) is 9.59 Å². The van der Waals surface area contributed by atoms with E-state index in [0.29, 0.717) is 5.16 Å². The van der Waals surface area contributed by atoms with Crippen molar-refractivity contribution in [3.8, 4) is 5.75 Å². The number of hydrogen-bond acceptors (Lipinski definition) is 7. The van der Waals surface area contributed by atoms with Crippen LogP contribution in [-0.2, 0) is 11.3 Å². The Morgan fingerprint density at radius 2 is 1.84 bits per heavy atom. The van der Waals surface area contributed by atoms with Gasteiger partial charge in [0.2, 0.25) is 5.91 Å². The van der Waals surface area contributed by atoms with E-state index in [0.717, 1.165) is 22.6 Å². The number of methoxy groups -OCH3 is 1. The number of fused-ring (bicyclic) bond motifs is 1. The summed E-state index contributed by atoms with van der Waals surface area (Å²) in [6, 6.07) is 15.0. The lowest BCUT2D eigenvalue weighted by atomic mass is 10.2. The zero-order valence-corrected chi connectivity index (χ0v) is 18.4. The van der Waals surface area contributed by atoms with Crippen LogP contribution >= 0.6 is 11.8 Å². The third-order valence-corrected chi connectivity index (χ3v) is 5.79. The molecule has 0 aliphatic carbocycles. The lowest BCUT2D eigenvalue weighted by Crippen LogP contribution is -2.26. The van der Waals surface area contributed by atoms with Crippen LogP contribution in [-0.4, -0.2) is 38.3 Å². The molecular weight excluding hydrogens is 426 g/mol. The average Bonchev–Trinajstić information content (AvgIpc) is 2.82. The van der Waals surface area contributed by atoms with Crippen LogP contribution in [0.5, 0.6) is 5.75 Å². The van der Waals surface area contributed by atoms with Crippen molar-refractivity contribution < 1.29 is 9.53 Å². The first-order valence-corrected chi connectivity index (χ1v) is 10.9. The van der Waals surface area contributed by atoms with Crippen LogP contribution in [0.3, 0.4) is 0 Å². The summed E-state index contributed by atoms with van der Waals surface area (Å²) >= 11 is 1.18. The Bertz CT molecular complexity index is 1320. The molecule has 8 nitrogen and oxygen atoms in total. The summed E-state index contributed by atoms with van der Waals surface area (Å²) in [5, 5.41) is 3.30. The van der Waals surface area contributed by atoms with Gasteiger partial charge < -0.3 is 10.1 Å². The second kappa shape index (κ2) is 9.61. The number of ether oxygens (including phenoxy) is 1. The summed E-state index contributed by atoms with van der Waals surface area (Å²) in [6.07, 6.45) is 2.95. The van der Waals surface area contributed by atoms with Gasteiger partial charge in [-0.1, -0.05) is 42.1 Å². The SMILES string of the molecule is COc1ccc(Cn2c(SCC(=O)Nc3ccccc3C)nc3nccnc3c2=O)cc1. The molecule has 162 valence electrons. The molecule has 0 radical (unpaired) electrons. The fourth-order valence-corrected chi connectivity index (χ4v) is 3.91. The van der Waals surface area contributed by atoms with Crippen LogP contribution < -0.4 is 15.6 Å². The molecule has 0 aliphatic rings. The predicted molar refractivity (Wildman–Crippen MR) is 124 cm³/mol. The van der Waals surface area contributed by atoms with Gasteiger partial charge in [-0.15, -0.1) is 0 Å². The van der Waals surface area contributed by atoms with Crippen molar-refractivity contribution in [1.82, 2.24) is 19.5 Å². The number of nitrogens with one attached hydrogen (secondary N) is 1. The fourth-order valence-electron chi connectivity index (χ4n) is 3.12. The Labute approximate surface area is 188 Å². The van der Waals surface area contributed by atoms with Gasteiger partial charge in [0.15, 0.2) is 16.3 Å². The first kappa shape index (κ1) is 21.5. The van der Waals surface area contributed by atoms with Gasteiger partial charge in [0.25, 0.3) is 5.56 Å². The quantitative estimate of drug-likeness (QED) is 0.343. The van der Waals surface area contributed by atoms with E-state index in [2.05, 4.69) is 20.3 Å². The standard InChI is InChI=1S/C23H21N5O3S/c1-15-5-3-4-6-18(15)26-19(29)14-32-23-27-21-20(24-11-12-25-21)22(30)28(23)13-16-7-9-17(31-2)10-8-16/h3-12H,13-14H2,1-2H3,(H,26,29). The molecule has 2 heterocycles.